The molecule has 0 fully saturated rings. The predicted molar refractivity (Wildman–Crippen MR) is 97.2 cm³/mol. The zero-order chi connectivity index (χ0) is 19.1. The normalized spacial score (nSPS) is 11.6. The summed E-state index contributed by atoms with van der Waals surface area (Å²) in [4.78, 5) is 35.1. The summed E-state index contributed by atoms with van der Waals surface area (Å²) in [5, 5.41) is 18.3. The molecular weight excluding hydrogens is 382 g/mol. The molecule has 0 aliphatic carbocycles. The van der Waals surface area contributed by atoms with Gasteiger partial charge in [0, 0.05) is 11.1 Å². The summed E-state index contributed by atoms with van der Waals surface area (Å²) in [6.07, 6.45) is 0. The molecule has 3 N–H and O–H groups in total. The van der Waals surface area contributed by atoms with Gasteiger partial charge in [0.1, 0.15) is 5.76 Å². The molecule has 0 radical (unpaired) electrons. The maximum absolute atomic E-state index is 12.0. The van der Waals surface area contributed by atoms with Gasteiger partial charge in [-0.05, 0) is 24.6 Å². The lowest BCUT2D eigenvalue weighted by molar-refractivity contribution is -0.141. The highest BCUT2D eigenvalue weighted by molar-refractivity contribution is 8.00. The monoisotopic (exact) mass is 397 g/mol. The zero-order valence-corrected chi connectivity index (χ0v) is 15.3. The minimum Gasteiger partial charge on any atom is -0.479 e. The van der Waals surface area contributed by atoms with Crippen LogP contribution >= 0.6 is 23.4 Å². The number of halogens is 1. The Kier molecular flexibility index (Phi) is 7.05. The molecule has 2 aromatic rings. The SMILES string of the molecule is Cc1cc(NC(=O)CSCC(=O)NC(C(=O)O)c2ccc(Cl)cc2)no1. The van der Waals surface area contributed by atoms with Crippen LogP contribution in [0.25, 0.3) is 0 Å². The number of hydrogen-bond donors (Lipinski definition) is 3. The Morgan fingerprint density at radius 1 is 1.23 bits per heavy atom. The van der Waals surface area contributed by atoms with Crippen molar-refractivity contribution in [2.45, 2.75) is 13.0 Å². The van der Waals surface area contributed by atoms with Crippen molar-refractivity contribution >= 4 is 47.0 Å². The number of carbonyl (C=O) groups excluding carboxylic acids is 2. The van der Waals surface area contributed by atoms with Crippen LogP contribution in [0.1, 0.15) is 17.4 Å². The van der Waals surface area contributed by atoms with E-state index in [0.29, 0.717) is 22.2 Å². The first-order chi connectivity index (χ1) is 12.3. The van der Waals surface area contributed by atoms with Crippen molar-refractivity contribution in [1.29, 1.82) is 0 Å². The molecule has 0 saturated heterocycles. The highest BCUT2D eigenvalue weighted by Gasteiger charge is 2.22. The Morgan fingerprint density at radius 3 is 2.46 bits per heavy atom. The second kappa shape index (κ2) is 9.25. The number of thioether (sulfide) groups is 1. The fraction of sp³-hybridized carbons (Fsp3) is 0.250. The number of carboxylic acids is 1. The van der Waals surface area contributed by atoms with Gasteiger partial charge >= 0.3 is 5.97 Å². The van der Waals surface area contributed by atoms with Crippen LogP contribution in [-0.2, 0) is 14.4 Å². The number of hydrogen-bond acceptors (Lipinski definition) is 6. The van der Waals surface area contributed by atoms with Crippen molar-refractivity contribution in [2.24, 2.45) is 0 Å². The molecule has 138 valence electrons. The van der Waals surface area contributed by atoms with E-state index in [2.05, 4.69) is 15.8 Å². The molecule has 8 nitrogen and oxygen atoms in total. The lowest BCUT2D eigenvalue weighted by Crippen LogP contribution is -2.35. The number of carbonyl (C=O) groups is 3. The summed E-state index contributed by atoms with van der Waals surface area (Å²) < 4.78 is 4.82. The molecule has 1 aromatic carbocycles. The number of aliphatic carboxylic acids is 1. The number of aryl methyl sites for hydroxylation is 1. The Labute approximate surface area is 158 Å². The van der Waals surface area contributed by atoms with E-state index in [1.807, 2.05) is 0 Å². The van der Waals surface area contributed by atoms with Crippen LogP contribution in [0.4, 0.5) is 5.82 Å². The number of nitrogens with one attached hydrogen (secondary N) is 2. The summed E-state index contributed by atoms with van der Waals surface area (Å²) in [5.74, 6) is -1.23. The highest BCUT2D eigenvalue weighted by Crippen LogP contribution is 2.17. The van der Waals surface area contributed by atoms with E-state index in [4.69, 9.17) is 16.1 Å². The maximum Gasteiger partial charge on any atom is 0.330 e. The van der Waals surface area contributed by atoms with Crippen molar-refractivity contribution < 1.29 is 24.0 Å². The van der Waals surface area contributed by atoms with Crippen molar-refractivity contribution in [3.05, 3.63) is 46.7 Å². The molecule has 1 atom stereocenters. The van der Waals surface area contributed by atoms with E-state index in [9.17, 15) is 19.5 Å². The van der Waals surface area contributed by atoms with E-state index in [1.54, 1.807) is 25.1 Å². The van der Waals surface area contributed by atoms with Crippen LogP contribution in [0.2, 0.25) is 5.02 Å². The van der Waals surface area contributed by atoms with Crippen molar-refractivity contribution in [3.63, 3.8) is 0 Å². The summed E-state index contributed by atoms with van der Waals surface area (Å²) in [6, 6.07) is 6.53. The number of carboxylic acid groups (broad SMARTS) is 1. The van der Waals surface area contributed by atoms with E-state index in [-0.39, 0.29) is 17.4 Å². The Hall–Kier alpha value is -2.52. The average molecular weight is 398 g/mol. The summed E-state index contributed by atoms with van der Waals surface area (Å²) in [5.41, 5.74) is 0.402. The summed E-state index contributed by atoms with van der Waals surface area (Å²) in [6.45, 7) is 1.70. The second-order valence-corrected chi connectivity index (χ2v) is 6.68. The first-order valence-corrected chi connectivity index (χ1v) is 8.97. The first-order valence-electron chi connectivity index (χ1n) is 7.43. The second-order valence-electron chi connectivity index (χ2n) is 5.25. The van der Waals surface area contributed by atoms with Crippen LogP contribution in [0, 0.1) is 6.92 Å². The standard InChI is InChI=1S/C16H16ClN3O5S/c1-9-6-12(20-25-9)18-13(21)7-26-8-14(22)19-15(16(23)24)10-2-4-11(17)5-3-10/h2-6,15H,7-8H2,1H3,(H,19,22)(H,23,24)(H,18,20,21). The van der Waals surface area contributed by atoms with Crippen LogP contribution in [0.3, 0.4) is 0 Å². The molecule has 0 bridgehead atoms. The van der Waals surface area contributed by atoms with Gasteiger partial charge in [-0.1, -0.05) is 28.9 Å². The Bertz CT molecular complexity index is 793. The third-order valence-corrected chi connectivity index (χ3v) is 4.30. The van der Waals surface area contributed by atoms with Gasteiger partial charge in [-0.3, -0.25) is 9.59 Å². The van der Waals surface area contributed by atoms with Gasteiger partial charge in [0.25, 0.3) is 0 Å². The lowest BCUT2D eigenvalue weighted by Gasteiger charge is -2.15. The minimum atomic E-state index is -1.19. The fourth-order valence-corrected chi connectivity index (χ4v) is 2.74. The van der Waals surface area contributed by atoms with E-state index in [0.717, 1.165) is 11.8 Å². The molecule has 26 heavy (non-hydrogen) atoms. The van der Waals surface area contributed by atoms with Gasteiger partial charge in [-0.15, -0.1) is 11.8 Å². The van der Waals surface area contributed by atoms with Gasteiger partial charge in [0.2, 0.25) is 11.8 Å². The van der Waals surface area contributed by atoms with Crippen LogP contribution in [-0.4, -0.2) is 39.6 Å². The predicted octanol–water partition coefficient (Wildman–Crippen LogP) is 2.25. The van der Waals surface area contributed by atoms with Gasteiger partial charge < -0.3 is 20.3 Å². The Morgan fingerprint density at radius 2 is 1.88 bits per heavy atom. The quantitative estimate of drug-likeness (QED) is 0.624. The molecule has 0 saturated carbocycles. The number of benzene rings is 1. The topological polar surface area (TPSA) is 122 Å². The average Bonchev–Trinajstić information content (AvgIpc) is 2.98. The molecule has 10 heteroatoms. The summed E-state index contributed by atoms with van der Waals surface area (Å²) in [7, 11) is 0. The van der Waals surface area contributed by atoms with Crippen molar-refractivity contribution in [1.82, 2.24) is 10.5 Å². The maximum atomic E-state index is 12.0. The van der Waals surface area contributed by atoms with Gasteiger partial charge in [-0.2, -0.15) is 0 Å². The molecule has 2 amide bonds. The molecule has 0 aliphatic rings. The largest absolute Gasteiger partial charge is 0.479 e. The third kappa shape index (κ3) is 6.08. The van der Waals surface area contributed by atoms with E-state index in [1.165, 1.54) is 12.1 Å². The Balaban J connectivity index is 1.80. The summed E-state index contributed by atoms with van der Waals surface area (Å²) >= 11 is 6.82. The fourth-order valence-electron chi connectivity index (χ4n) is 1.99. The highest BCUT2D eigenvalue weighted by atomic mass is 35.5. The molecule has 1 aromatic heterocycles. The minimum absolute atomic E-state index is 0.0119. The zero-order valence-electron chi connectivity index (χ0n) is 13.7. The molecule has 1 unspecified atom stereocenters. The number of nitrogens with zero attached hydrogens (tertiary/aromatic N) is 1. The van der Waals surface area contributed by atoms with E-state index >= 15 is 0 Å². The van der Waals surface area contributed by atoms with Gasteiger partial charge in [0.05, 0.1) is 11.5 Å². The number of anilines is 1. The van der Waals surface area contributed by atoms with E-state index < -0.39 is 17.9 Å². The van der Waals surface area contributed by atoms with Crippen LogP contribution in [0.5, 0.6) is 0 Å². The number of rotatable bonds is 8. The number of aromatic nitrogens is 1. The van der Waals surface area contributed by atoms with Crippen LogP contribution in [0.15, 0.2) is 34.9 Å². The molecule has 0 spiro atoms. The lowest BCUT2D eigenvalue weighted by atomic mass is 10.1. The number of amides is 2. The smallest absolute Gasteiger partial charge is 0.330 e. The first kappa shape index (κ1) is 19.8. The van der Waals surface area contributed by atoms with Crippen molar-refractivity contribution in [3.8, 4) is 0 Å². The molecular formula is C16H16ClN3O5S. The molecule has 0 aliphatic heterocycles. The van der Waals surface area contributed by atoms with Crippen LogP contribution < -0.4 is 10.6 Å². The van der Waals surface area contributed by atoms with Gasteiger partial charge in [-0.25, -0.2) is 4.79 Å². The van der Waals surface area contributed by atoms with Gasteiger partial charge in [0.15, 0.2) is 11.9 Å². The molecule has 2 rings (SSSR count). The van der Waals surface area contributed by atoms with Crippen molar-refractivity contribution in [2.75, 3.05) is 16.8 Å². The third-order valence-electron chi connectivity index (χ3n) is 3.12. The molecule has 1 heterocycles.